The summed E-state index contributed by atoms with van der Waals surface area (Å²) in [5.41, 5.74) is 1.51. The molecule has 6 nitrogen and oxygen atoms in total. The average Bonchev–Trinajstić information content (AvgIpc) is 3.13. The largest absolute Gasteiger partial charge is 0.445 e. The highest BCUT2D eigenvalue weighted by atomic mass is 16.6. The molecule has 1 aromatic carbocycles. The molecule has 2 N–H and O–H groups in total. The molecule has 0 saturated carbocycles. The minimum atomic E-state index is -0.542. The quantitative estimate of drug-likeness (QED) is 0.748. The van der Waals surface area contributed by atoms with E-state index in [2.05, 4.69) is 15.3 Å². The molecule has 25 heavy (non-hydrogen) atoms. The Balaban J connectivity index is 1.87. The number of oxazole rings is 1. The fourth-order valence-electron chi connectivity index (χ4n) is 2.75. The van der Waals surface area contributed by atoms with Gasteiger partial charge in [0.1, 0.15) is 11.4 Å². The van der Waals surface area contributed by atoms with Gasteiger partial charge in [0, 0.05) is 23.6 Å². The normalized spacial score (nSPS) is 13.0. The molecule has 1 unspecified atom stereocenters. The van der Waals surface area contributed by atoms with E-state index in [9.17, 15) is 4.79 Å². The molecule has 0 aliphatic heterocycles. The molecule has 0 radical (unpaired) electrons. The van der Waals surface area contributed by atoms with Crippen LogP contribution in [0.3, 0.4) is 0 Å². The lowest BCUT2D eigenvalue weighted by atomic mass is 9.98. The molecule has 0 fully saturated rings. The Labute approximate surface area is 146 Å². The molecule has 132 valence electrons. The number of hydrogen-bond acceptors (Lipinski definition) is 4. The first-order valence-electron chi connectivity index (χ1n) is 8.28. The average molecular weight is 341 g/mol. The monoisotopic (exact) mass is 341 g/mol. The molecule has 0 aliphatic carbocycles. The van der Waals surface area contributed by atoms with Crippen molar-refractivity contribution in [3.63, 3.8) is 0 Å². The van der Waals surface area contributed by atoms with Gasteiger partial charge in [0.25, 0.3) is 0 Å². The molecule has 3 aromatic rings. The minimum absolute atomic E-state index is 0.211. The van der Waals surface area contributed by atoms with Gasteiger partial charge in [0.15, 0.2) is 0 Å². The zero-order chi connectivity index (χ0) is 18.0. The number of carbonyl (C=O) groups is 1. The minimum Gasteiger partial charge on any atom is -0.445 e. The van der Waals surface area contributed by atoms with Gasteiger partial charge in [-0.1, -0.05) is 18.2 Å². The standard InChI is InChI=1S/C19H23N3O3/c1-12-9-21-17(24-12)15(11-22-18(23)25-19(2,3)4)14-10-20-16-8-6-5-7-13(14)16/h5-10,15,20H,11H2,1-4H3,(H,22,23). The molecule has 0 bridgehead atoms. The topological polar surface area (TPSA) is 80.1 Å². The van der Waals surface area contributed by atoms with Crippen LogP contribution in [0.2, 0.25) is 0 Å². The summed E-state index contributed by atoms with van der Waals surface area (Å²) in [4.78, 5) is 19.7. The lowest BCUT2D eigenvalue weighted by Crippen LogP contribution is -2.35. The van der Waals surface area contributed by atoms with Gasteiger partial charge in [-0.25, -0.2) is 9.78 Å². The number of fused-ring (bicyclic) bond motifs is 1. The lowest BCUT2D eigenvalue weighted by molar-refractivity contribution is 0.0525. The number of carbonyl (C=O) groups excluding carboxylic acids is 1. The number of benzene rings is 1. The first kappa shape index (κ1) is 17.1. The second kappa shape index (κ2) is 6.63. The number of nitrogens with one attached hydrogen (secondary N) is 2. The predicted molar refractivity (Wildman–Crippen MR) is 95.6 cm³/mol. The van der Waals surface area contributed by atoms with Crippen molar-refractivity contribution < 1.29 is 13.9 Å². The van der Waals surface area contributed by atoms with Gasteiger partial charge in [-0.05, 0) is 39.3 Å². The number of nitrogens with zero attached hydrogens (tertiary/aromatic N) is 1. The smallest absolute Gasteiger partial charge is 0.407 e. The van der Waals surface area contributed by atoms with Crippen molar-refractivity contribution in [2.45, 2.75) is 39.2 Å². The third kappa shape index (κ3) is 4.02. The number of amides is 1. The SMILES string of the molecule is Cc1cnc(C(CNC(=O)OC(C)(C)C)c2c[nH]c3ccccc23)o1. The Bertz CT molecular complexity index is 873. The summed E-state index contributed by atoms with van der Waals surface area (Å²) >= 11 is 0. The van der Waals surface area contributed by atoms with Crippen molar-refractivity contribution in [1.82, 2.24) is 15.3 Å². The Morgan fingerprint density at radius 1 is 1.36 bits per heavy atom. The van der Waals surface area contributed by atoms with Crippen molar-refractivity contribution in [1.29, 1.82) is 0 Å². The Kier molecular flexibility index (Phi) is 4.53. The van der Waals surface area contributed by atoms with Gasteiger partial charge in [-0.15, -0.1) is 0 Å². The molecule has 3 rings (SSSR count). The van der Waals surface area contributed by atoms with E-state index in [-0.39, 0.29) is 5.92 Å². The zero-order valence-electron chi connectivity index (χ0n) is 14.9. The maximum absolute atomic E-state index is 12.0. The highest BCUT2D eigenvalue weighted by Gasteiger charge is 2.24. The third-order valence-electron chi connectivity index (χ3n) is 3.78. The van der Waals surface area contributed by atoms with Gasteiger partial charge in [-0.3, -0.25) is 0 Å². The van der Waals surface area contributed by atoms with Gasteiger partial charge < -0.3 is 19.5 Å². The van der Waals surface area contributed by atoms with E-state index < -0.39 is 11.7 Å². The third-order valence-corrected chi connectivity index (χ3v) is 3.78. The van der Waals surface area contributed by atoms with Gasteiger partial charge in [-0.2, -0.15) is 0 Å². The van der Waals surface area contributed by atoms with E-state index in [0.29, 0.717) is 12.4 Å². The summed E-state index contributed by atoms with van der Waals surface area (Å²) in [6, 6.07) is 8.01. The first-order valence-corrected chi connectivity index (χ1v) is 8.28. The fraction of sp³-hybridized carbons (Fsp3) is 0.368. The van der Waals surface area contributed by atoms with Gasteiger partial charge >= 0.3 is 6.09 Å². The Hall–Kier alpha value is -2.76. The molecular weight excluding hydrogens is 318 g/mol. The number of aromatic amines is 1. The van der Waals surface area contributed by atoms with Crippen LogP contribution in [-0.4, -0.2) is 28.2 Å². The highest BCUT2D eigenvalue weighted by Crippen LogP contribution is 2.30. The maximum Gasteiger partial charge on any atom is 0.407 e. The number of alkyl carbamates (subject to hydrolysis) is 1. The van der Waals surface area contributed by atoms with Crippen LogP contribution >= 0.6 is 0 Å². The first-order chi connectivity index (χ1) is 11.8. The molecule has 0 spiro atoms. The maximum atomic E-state index is 12.0. The van der Waals surface area contributed by atoms with E-state index in [1.807, 2.05) is 58.2 Å². The number of aryl methyl sites for hydroxylation is 1. The lowest BCUT2D eigenvalue weighted by Gasteiger charge is -2.21. The number of hydrogen-bond donors (Lipinski definition) is 2. The summed E-state index contributed by atoms with van der Waals surface area (Å²) in [6.07, 6.45) is 3.16. The molecule has 2 heterocycles. The van der Waals surface area contributed by atoms with E-state index in [1.54, 1.807) is 6.20 Å². The van der Waals surface area contributed by atoms with Crippen molar-refractivity contribution >= 4 is 17.0 Å². The summed E-state index contributed by atoms with van der Waals surface area (Å²) in [5.74, 6) is 1.09. The predicted octanol–water partition coefficient (Wildman–Crippen LogP) is 4.12. The molecule has 1 atom stereocenters. The summed E-state index contributed by atoms with van der Waals surface area (Å²) < 4.78 is 11.1. The zero-order valence-corrected chi connectivity index (χ0v) is 14.9. The van der Waals surface area contributed by atoms with Crippen LogP contribution in [0, 0.1) is 6.92 Å². The van der Waals surface area contributed by atoms with Crippen molar-refractivity contribution in [3.8, 4) is 0 Å². The van der Waals surface area contributed by atoms with Crippen molar-refractivity contribution in [2.24, 2.45) is 0 Å². The van der Waals surface area contributed by atoms with Crippen molar-refractivity contribution in [3.05, 3.63) is 53.9 Å². The molecule has 0 aliphatic rings. The van der Waals surface area contributed by atoms with Crippen LogP contribution in [0.5, 0.6) is 0 Å². The Morgan fingerprint density at radius 2 is 2.12 bits per heavy atom. The van der Waals surface area contributed by atoms with Crippen LogP contribution in [0.1, 0.15) is 43.9 Å². The number of rotatable bonds is 4. The van der Waals surface area contributed by atoms with E-state index in [1.165, 1.54) is 0 Å². The van der Waals surface area contributed by atoms with E-state index in [4.69, 9.17) is 9.15 Å². The fourth-order valence-corrected chi connectivity index (χ4v) is 2.75. The molecule has 0 saturated heterocycles. The second-order valence-corrected chi connectivity index (χ2v) is 7.03. The van der Waals surface area contributed by atoms with Crippen LogP contribution in [-0.2, 0) is 4.74 Å². The van der Waals surface area contributed by atoms with Crippen LogP contribution < -0.4 is 5.32 Å². The number of H-pyrrole nitrogens is 1. The van der Waals surface area contributed by atoms with E-state index >= 15 is 0 Å². The van der Waals surface area contributed by atoms with Crippen LogP contribution in [0.25, 0.3) is 10.9 Å². The van der Waals surface area contributed by atoms with Crippen molar-refractivity contribution in [2.75, 3.05) is 6.54 Å². The number of para-hydroxylation sites is 1. The van der Waals surface area contributed by atoms with Gasteiger partial charge in [0.2, 0.25) is 5.89 Å². The Morgan fingerprint density at radius 3 is 2.80 bits per heavy atom. The van der Waals surface area contributed by atoms with E-state index in [0.717, 1.165) is 22.2 Å². The summed E-state index contributed by atoms with van der Waals surface area (Å²) in [7, 11) is 0. The molecular formula is C19H23N3O3. The number of ether oxygens (including phenoxy) is 1. The van der Waals surface area contributed by atoms with Crippen LogP contribution in [0.4, 0.5) is 4.79 Å². The summed E-state index contributed by atoms with van der Waals surface area (Å²) in [5, 5.41) is 3.90. The van der Waals surface area contributed by atoms with Crippen LogP contribution in [0.15, 0.2) is 41.1 Å². The molecule has 2 aromatic heterocycles. The second-order valence-electron chi connectivity index (χ2n) is 7.03. The van der Waals surface area contributed by atoms with Gasteiger partial charge in [0.05, 0.1) is 12.1 Å². The highest BCUT2D eigenvalue weighted by molar-refractivity contribution is 5.84. The molecule has 1 amide bonds. The molecule has 6 heteroatoms. The number of aromatic nitrogens is 2. The summed E-state index contributed by atoms with van der Waals surface area (Å²) in [6.45, 7) is 7.68.